The Morgan fingerprint density at radius 2 is 1.91 bits per heavy atom. The van der Waals surface area contributed by atoms with Gasteiger partial charge in [0.25, 0.3) is 5.91 Å². The van der Waals surface area contributed by atoms with E-state index in [1.165, 1.54) is 6.07 Å². The van der Waals surface area contributed by atoms with Gasteiger partial charge in [-0.1, -0.05) is 6.07 Å². The first-order chi connectivity index (χ1) is 17.1. The summed E-state index contributed by atoms with van der Waals surface area (Å²) in [7, 11) is 0. The van der Waals surface area contributed by atoms with Crippen molar-refractivity contribution in [2.24, 2.45) is 0 Å². The zero-order valence-electron chi connectivity index (χ0n) is 19.5. The van der Waals surface area contributed by atoms with E-state index >= 15 is 0 Å². The quantitative estimate of drug-likeness (QED) is 0.360. The molecular weight excluding hydrogens is 467 g/mol. The summed E-state index contributed by atoms with van der Waals surface area (Å²) >= 11 is 1.61. The molecule has 1 aliphatic heterocycles. The van der Waals surface area contributed by atoms with Crippen LogP contribution >= 0.6 is 11.8 Å². The fourth-order valence-corrected chi connectivity index (χ4v) is 4.78. The second-order valence-electron chi connectivity index (χ2n) is 8.05. The zero-order valence-corrected chi connectivity index (χ0v) is 20.3. The van der Waals surface area contributed by atoms with Crippen LogP contribution in [0.1, 0.15) is 17.3 Å². The molecule has 1 aliphatic rings. The number of amides is 1. The molecule has 5 rings (SSSR count). The van der Waals surface area contributed by atoms with Crippen molar-refractivity contribution < 1.29 is 18.7 Å². The van der Waals surface area contributed by atoms with Gasteiger partial charge < -0.3 is 14.4 Å². The monoisotopic (exact) mass is 492 g/mol. The van der Waals surface area contributed by atoms with Crippen LogP contribution in [0.5, 0.6) is 5.75 Å². The van der Waals surface area contributed by atoms with Crippen molar-refractivity contribution in [2.45, 2.75) is 11.8 Å². The molecule has 180 valence electrons. The Balaban J connectivity index is 1.51. The van der Waals surface area contributed by atoms with Crippen LogP contribution in [-0.4, -0.2) is 64.5 Å². The third-order valence-electron chi connectivity index (χ3n) is 5.95. The van der Waals surface area contributed by atoms with Crippen molar-refractivity contribution in [3.8, 4) is 22.8 Å². The molecule has 1 amide bonds. The fourth-order valence-electron chi connectivity index (χ4n) is 4.17. The number of carbonyl (C=O) groups is 1. The van der Waals surface area contributed by atoms with Crippen molar-refractivity contribution in [1.82, 2.24) is 19.4 Å². The average Bonchev–Trinajstić information content (AvgIpc) is 3.28. The summed E-state index contributed by atoms with van der Waals surface area (Å²) in [4.78, 5) is 25.0. The molecule has 3 heterocycles. The number of ether oxygens (including phenoxy) is 2. The minimum atomic E-state index is -0.368. The van der Waals surface area contributed by atoms with Crippen molar-refractivity contribution >= 4 is 28.6 Å². The van der Waals surface area contributed by atoms with E-state index in [1.54, 1.807) is 36.3 Å². The van der Waals surface area contributed by atoms with Crippen molar-refractivity contribution in [3.05, 3.63) is 66.4 Å². The molecule has 0 unspecified atom stereocenters. The highest BCUT2D eigenvalue weighted by atomic mass is 32.2. The minimum Gasteiger partial charge on any atom is -0.494 e. The summed E-state index contributed by atoms with van der Waals surface area (Å²) in [5.74, 6) is 0.643. The standard InChI is InChI=1S/C26H25FN4O3S/c1-3-34-19-5-7-22(27)21(13-19)18-14-28-26(29-15-18)31-16-24(35-2)20-6-4-17(12-23(20)31)25(32)30-8-10-33-11-9-30/h4-7,12-16H,3,8-11H2,1-2H3. The second-order valence-corrected chi connectivity index (χ2v) is 8.90. The van der Waals surface area contributed by atoms with Crippen LogP contribution in [0.4, 0.5) is 4.39 Å². The molecule has 4 aromatic rings. The van der Waals surface area contributed by atoms with Gasteiger partial charge in [-0.2, -0.15) is 0 Å². The smallest absolute Gasteiger partial charge is 0.254 e. The Hall–Kier alpha value is -3.43. The van der Waals surface area contributed by atoms with Gasteiger partial charge in [-0.05, 0) is 43.5 Å². The summed E-state index contributed by atoms with van der Waals surface area (Å²) in [6, 6.07) is 10.3. The molecule has 0 radical (unpaired) electrons. The Kier molecular flexibility index (Phi) is 6.70. The minimum absolute atomic E-state index is 0.0189. The average molecular weight is 493 g/mol. The number of benzene rings is 2. The molecule has 0 bridgehead atoms. The van der Waals surface area contributed by atoms with Crippen LogP contribution in [0.2, 0.25) is 0 Å². The Morgan fingerprint density at radius 3 is 2.63 bits per heavy atom. The Bertz CT molecular complexity index is 1370. The third-order valence-corrected chi connectivity index (χ3v) is 6.71. The number of thioether (sulfide) groups is 1. The lowest BCUT2D eigenvalue weighted by molar-refractivity contribution is 0.0303. The van der Waals surface area contributed by atoms with E-state index in [-0.39, 0.29) is 11.7 Å². The molecule has 0 spiro atoms. The van der Waals surface area contributed by atoms with Gasteiger partial charge in [0.1, 0.15) is 11.6 Å². The molecule has 1 saturated heterocycles. The summed E-state index contributed by atoms with van der Waals surface area (Å²) in [5.41, 5.74) is 2.38. The largest absolute Gasteiger partial charge is 0.494 e. The van der Waals surface area contributed by atoms with E-state index in [0.29, 0.717) is 61.3 Å². The van der Waals surface area contributed by atoms with Gasteiger partial charge >= 0.3 is 0 Å². The zero-order chi connectivity index (χ0) is 24.4. The highest BCUT2D eigenvalue weighted by Crippen LogP contribution is 2.32. The predicted octanol–water partition coefficient (Wildman–Crippen LogP) is 4.82. The van der Waals surface area contributed by atoms with E-state index in [2.05, 4.69) is 9.97 Å². The van der Waals surface area contributed by atoms with Crippen molar-refractivity contribution in [1.29, 1.82) is 0 Å². The van der Waals surface area contributed by atoms with Gasteiger partial charge in [0, 0.05) is 58.7 Å². The molecule has 0 N–H and O–H groups in total. The van der Waals surface area contributed by atoms with Gasteiger partial charge in [0.2, 0.25) is 5.95 Å². The molecule has 0 atom stereocenters. The summed E-state index contributed by atoms with van der Waals surface area (Å²) in [5, 5.41) is 1.01. The van der Waals surface area contributed by atoms with Crippen LogP contribution in [0.3, 0.4) is 0 Å². The SMILES string of the molecule is CCOc1ccc(F)c(-c2cnc(-n3cc(SC)c4ccc(C(=O)N5CCOCC5)cc43)nc2)c1. The first kappa shape index (κ1) is 23.3. The topological polar surface area (TPSA) is 69.5 Å². The second kappa shape index (κ2) is 10.1. The van der Waals surface area contributed by atoms with E-state index in [1.807, 2.05) is 47.0 Å². The lowest BCUT2D eigenvalue weighted by atomic mass is 10.1. The first-order valence-corrected chi connectivity index (χ1v) is 12.6. The maximum atomic E-state index is 14.5. The number of morpholine rings is 1. The number of fused-ring (bicyclic) bond motifs is 1. The van der Waals surface area contributed by atoms with Gasteiger partial charge in [0.15, 0.2) is 0 Å². The number of hydrogen-bond acceptors (Lipinski definition) is 6. The Morgan fingerprint density at radius 1 is 1.14 bits per heavy atom. The van der Waals surface area contributed by atoms with Crippen LogP contribution in [0.25, 0.3) is 28.0 Å². The summed E-state index contributed by atoms with van der Waals surface area (Å²) < 4.78 is 27.2. The predicted molar refractivity (Wildman–Crippen MR) is 134 cm³/mol. The van der Waals surface area contributed by atoms with Crippen molar-refractivity contribution in [3.63, 3.8) is 0 Å². The number of rotatable bonds is 6. The van der Waals surface area contributed by atoms with E-state index in [9.17, 15) is 9.18 Å². The molecule has 0 aliphatic carbocycles. The number of carbonyl (C=O) groups excluding carboxylic acids is 1. The number of hydrogen-bond donors (Lipinski definition) is 0. The van der Waals surface area contributed by atoms with Crippen LogP contribution in [-0.2, 0) is 4.74 Å². The van der Waals surface area contributed by atoms with Crippen LogP contribution in [0, 0.1) is 5.82 Å². The fraction of sp³-hybridized carbons (Fsp3) is 0.269. The molecule has 2 aromatic heterocycles. The number of aromatic nitrogens is 3. The maximum Gasteiger partial charge on any atom is 0.254 e. The Labute approximate surface area is 206 Å². The van der Waals surface area contributed by atoms with Gasteiger partial charge in [-0.3, -0.25) is 9.36 Å². The maximum absolute atomic E-state index is 14.5. The lowest BCUT2D eigenvalue weighted by Crippen LogP contribution is -2.40. The highest BCUT2D eigenvalue weighted by molar-refractivity contribution is 7.98. The summed E-state index contributed by atoms with van der Waals surface area (Å²) in [6.45, 7) is 4.64. The molecule has 35 heavy (non-hydrogen) atoms. The van der Waals surface area contributed by atoms with E-state index in [0.717, 1.165) is 15.8 Å². The normalized spacial score (nSPS) is 13.9. The lowest BCUT2D eigenvalue weighted by Gasteiger charge is -2.26. The van der Waals surface area contributed by atoms with Gasteiger partial charge in [-0.15, -0.1) is 11.8 Å². The molecule has 9 heteroatoms. The number of halogens is 1. The third kappa shape index (κ3) is 4.61. The van der Waals surface area contributed by atoms with E-state index < -0.39 is 0 Å². The summed E-state index contributed by atoms with van der Waals surface area (Å²) in [6.07, 6.45) is 7.17. The highest BCUT2D eigenvalue weighted by Gasteiger charge is 2.20. The molecule has 2 aromatic carbocycles. The van der Waals surface area contributed by atoms with E-state index in [4.69, 9.17) is 9.47 Å². The molecule has 1 fully saturated rings. The molecular formula is C26H25FN4O3S. The van der Waals surface area contributed by atoms with Gasteiger partial charge in [0.05, 0.1) is 25.3 Å². The molecule has 7 nitrogen and oxygen atoms in total. The first-order valence-electron chi connectivity index (χ1n) is 11.4. The van der Waals surface area contributed by atoms with Gasteiger partial charge in [-0.25, -0.2) is 14.4 Å². The van der Waals surface area contributed by atoms with Crippen LogP contribution < -0.4 is 4.74 Å². The van der Waals surface area contributed by atoms with Crippen molar-refractivity contribution in [2.75, 3.05) is 39.2 Å². The van der Waals surface area contributed by atoms with Crippen LogP contribution in [0.15, 0.2) is 59.9 Å². The number of nitrogens with zero attached hydrogens (tertiary/aromatic N) is 4. The molecule has 0 saturated carbocycles.